The Morgan fingerprint density at radius 1 is 1.17 bits per heavy atom. The number of benzene rings is 2. The summed E-state index contributed by atoms with van der Waals surface area (Å²) in [5.41, 5.74) is 0.125. The number of fused-ring (bicyclic) bond motifs is 1. The molecule has 2 aromatic rings. The first-order valence-corrected chi connectivity index (χ1v) is 7.49. The number of nitrogens with zero attached hydrogens (tertiary/aromatic N) is 1. The van der Waals surface area contributed by atoms with Gasteiger partial charge in [-0.1, -0.05) is 24.3 Å². The summed E-state index contributed by atoms with van der Waals surface area (Å²) in [4.78, 5) is 14.2. The Hall–Kier alpha value is -2.21. The molecule has 1 aliphatic heterocycles. The maximum atomic E-state index is 12.7. The topological polar surface area (TPSA) is 49.8 Å². The first kappa shape index (κ1) is 15.7. The zero-order valence-electron chi connectivity index (χ0n) is 12.4. The van der Waals surface area contributed by atoms with Gasteiger partial charge in [-0.3, -0.25) is 4.79 Å². The fourth-order valence-corrected chi connectivity index (χ4v) is 2.82. The highest BCUT2D eigenvalue weighted by atomic mass is 19.3. The molecule has 1 heterocycles. The van der Waals surface area contributed by atoms with E-state index in [-0.39, 0.29) is 17.2 Å². The van der Waals surface area contributed by atoms with Crippen LogP contribution < -0.4 is 4.74 Å². The van der Waals surface area contributed by atoms with E-state index in [1.54, 1.807) is 23.1 Å². The predicted octanol–water partition coefficient (Wildman–Crippen LogP) is 3.04. The molecule has 0 saturated carbocycles. The highest BCUT2D eigenvalue weighted by Crippen LogP contribution is 2.29. The number of amides is 1. The van der Waals surface area contributed by atoms with E-state index in [2.05, 4.69) is 4.74 Å². The van der Waals surface area contributed by atoms with E-state index in [1.807, 2.05) is 12.1 Å². The summed E-state index contributed by atoms with van der Waals surface area (Å²) < 4.78 is 29.9. The molecule has 3 rings (SSSR count). The SMILES string of the molecule is O=C(c1cc2ccccc2cc1OC(F)F)N1CCC(O)CC1. The van der Waals surface area contributed by atoms with Crippen LogP contribution in [0.4, 0.5) is 8.78 Å². The van der Waals surface area contributed by atoms with E-state index >= 15 is 0 Å². The highest BCUT2D eigenvalue weighted by Gasteiger charge is 2.25. The molecule has 4 nitrogen and oxygen atoms in total. The van der Waals surface area contributed by atoms with Gasteiger partial charge in [0.1, 0.15) is 5.75 Å². The van der Waals surface area contributed by atoms with Crippen molar-refractivity contribution in [1.29, 1.82) is 0 Å². The minimum absolute atomic E-state index is 0.116. The number of ether oxygens (including phenoxy) is 1. The number of halogens is 2. The van der Waals surface area contributed by atoms with Gasteiger partial charge >= 0.3 is 6.61 Å². The van der Waals surface area contributed by atoms with Crippen LogP contribution in [0.2, 0.25) is 0 Å². The largest absolute Gasteiger partial charge is 0.434 e. The number of rotatable bonds is 3. The smallest absolute Gasteiger partial charge is 0.387 e. The summed E-state index contributed by atoms with van der Waals surface area (Å²) in [5, 5.41) is 11.0. The normalized spacial score (nSPS) is 16.1. The maximum Gasteiger partial charge on any atom is 0.387 e. The van der Waals surface area contributed by atoms with Crippen LogP contribution in [0, 0.1) is 0 Å². The molecule has 1 saturated heterocycles. The van der Waals surface area contributed by atoms with Gasteiger partial charge in [-0.25, -0.2) is 0 Å². The lowest BCUT2D eigenvalue weighted by Gasteiger charge is -2.30. The number of aliphatic hydroxyl groups is 1. The fraction of sp³-hybridized carbons (Fsp3) is 0.353. The van der Waals surface area contributed by atoms with Crippen molar-refractivity contribution in [2.45, 2.75) is 25.6 Å². The molecular formula is C17H17F2NO3. The summed E-state index contributed by atoms with van der Waals surface area (Å²) in [6.07, 6.45) is 0.571. The molecule has 1 aliphatic rings. The molecule has 1 N–H and O–H groups in total. The Balaban J connectivity index is 1.98. The Kier molecular flexibility index (Phi) is 4.43. The minimum atomic E-state index is -2.99. The number of carbonyl (C=O) groups is 1. The van der Waals surface area contributed by atoms with Crippen LogP contribution in [0.1, 0.15) is 23.2 Å². The highest BCUT2D eigenvalue weighted by molar-refractivity contribution is 6.01. The average molecular weight is 321 g/mol. The molecule has 0 unspecified atom stereocenters. The number of hydrogen-bond acceptors (Lipinski definition) is 3. The van der Waals surface area contributed by atoms with Crippen LogP contribution in [-0.2, 0) is 0 Å². The number of alkyl halides is 2. The average Bonchev–Trinajstić information content (AvgIpc) is 2.54. The second-order valence-corrected chi connectivity index (χ2v) is 5.60. The molecular weight excluding hydrogens is 304 g/mol. The second kappa shape index (κ2) is 6.50. The maximum absolute atomic E-state index is 12.7. The molecule has 0 spiro atoms. The van der Waals surface area contributed by atoms with Gasteiger partial charge in [0, 0.05) is 13.1 Å². The Bertz CT molecular complexity index is 712. The van der Waals surface area contributed by atoms with Crippen molar-refractivity contribution in [3.8, 4) is 5.75 Å². The van der Waals surface area contributed by atoms with Crippen LogP contribution in [-0.4, -0.2) is 41.7 Å². The van der Waals surface area contributed by atoms with Crippen LogP contribution in [0.15, 0.2) is 36.4 Å². The Labute approximate surface area is 132 Å². The lowest BCUT2D eigenvalue weighted by atomic mass is 10.0. The minimum Gasteiger partial charge on any atom is -0.434 e. The number of aliphatic hydroxyl groups excluding tert-OH is 1. The summed E-state index contributed by atoms with van der Waals surface area (Å²) in [5.74, 6) is -0.465. The monoisotopic (exact) mass is 321 g/mol. The summed E-state index contributed by atoms with van der Waals surface area (Å²) in [7, 11) is 0. The van der Waals surface area contributed by atoms with Gasteiger partial charge in [0.05, 0.1) is 11.7 Å². The number of hydrogen-bond donors (Lipinski definition) is 1. The van der Waals surface area contributed by atoms with E-state index in [1.165, 1.54) is 6.07 Å². The third-order valence-electron chi connectivity index (χ3n) is 4.05. The van der Waals surface area contributed by atoms with Crippen molar-refractivity contribution in [3.05, 3.63) is 42.0 Å². The zero-order chi connectivity index (χ0) is 16.4. The van der Waals surface area contributed by atoms with E-state index in [0.29, 0.717) is 25.9 Å². The second-order valence-electron chi connectivity index (χ2n) is 5.60. The zero-order valence-corrected chi connectivity index (χ0v) is 12.4. The first-order valence-electron chi connectivity index (χ1n) is 7.49. The molecule has 23 heavy (non-hydrogen) atoms. The molecule has 0 aromatic heterocycles. The van der Waals surface area contributed by atoms with Gasteiger partial charge in [-0.2, -0.15) is 8.78 Å². The van der Waals surface area contributed by atoms with Gasteiger partial charge < -0.3 is 14.7 Å². The number of piperidine rings is 1. The molecule has 0 aliphatic carbocycles. The molecule has 6 heteroatoms. The summed E-state index contributed by atoms with van der Waals surface area (Å²) >= 11 is 0. The van der Waals surface area contributed by atoms with Crippen molar-refractivity contribution in [2.75, 3.05) is 13.1 Å². The lowest BCUT2D eigenvalue weighted by Crippen LogP contribution is -2.40. The Morgan fingerprint density at radius 2 is 1.78 bits per heavy atom. The van der Waals surface area contributed by atoms with Gasteiger partial charge in [0.15, 0.2) is 0 Å². The van der Waals surface area contributed by atoms with Gasteiger partial charge in [-0.05, 0) is 35.7 Å². The van der Waals surface area contributed by atoms with Gasteiger partial charge in [-0.15, -0.1) is 0 Å². The first-order chi connectivity index (χ1) is 11.0. The van der Waals surface area contributed by atoms with Gasteiger partial charge in [0.25, 0.3) is 5.91 Å². The van der Waals surface area contributed by atoms with Crippen molar-refractivity contribution in [2.24, 2.45) is 0 Å². The fourth-order valence-electron chi connectivity index (χ4n) is 2.82. The van der Waals surface area contributed by atoms with Crippen LogP contribution in [0.5, 0.6) is 5.75 Å². The van der Waals surface area contributed by atoms with Gasteiger partial charge in [0.2, 0.25) is 0 Å². The molecule has 2 aromatic carbocycles. The van der Waals surface area contributed by atoms with Crippen molar-refractivity contribution in [3.63, 3.8) is 0 Å². The molecule has 122 valence electrons. The van der Waals surface area contributed by atoms with Crippen molar-refractivity contribution < 1.29 is 23.4 Å². The summed E-state index contributed by atoms with van der Waals surface area (Å²) in [6, 6.07) is 10.3. The standard InChI is InChI=1S/C17H17F2NO3/c18-17(19)23-15-10-12-4-2-1-3-11(12)9-14(15)16(22)20-7-5-13(21)6-8-20/h1-4,9-10,13,17,21H,5-8H2. The molecule has 1 fully saturated rings. The summed E-state index contributed by atoms with van der Waals surface area (Å²) in [6.45, 7) is -2.19. The van der Waals surface area contributed by atoms with Crippen LogP contribution >= 0.6 is 0 Å². The lowest BCUT2D eigenvalue weighted by molar-refractivity contribution is -0.0502. The van der Waals surface area contributed by atoms with Crippen LogP contribution in [0.25, 0.3) is 10.8 Å². The van der Waals surface area contributed by atoms with Crippen LogP contribution in [0.3, 0.4) is 0 Å². The van der Waals surface area contributed by atoms with Crippen molar-refractivity contribution >= 4 is 16.7 Å². The third kappa shape index (κ3) is 3.42. The number of likely N-dealkylation sites (tertiary alicyclic amines) is 1. The molecule has 0 radical (unpaired) electrons. The number of carbonyl (C=O) groups excluding carboxylic acids is 1. The van der Waals surface area contributed by atoms with E-state index in [0.717, 1.165) is 10.8 Å². The third-order valence-corrected chi connectivity index (χ3v) is 4.05. The Morgan fingerprint density at radius 3 is 2.39 bits per heavy atom. The van der Waals surface area contributed by atoms with E-state index in [4.69, 9.17) is 0 Å². The van der Waals surface area contributed by atoms with Crippen molar-refractivity contribution in [1.82, 2.24) is 4.90 Å². The molecule has 0 bridgehead atoms. The van der Waals surface area contributed by atoms with E-state index < -0.39 is 12.7 Å². The quantitative estimate of drug-likeness (QED) is 0.945. The molecule has 0 atom stereocenters. The van der Waals surface area contributed by atoms with E-state index in [9.17, 15) is 18.7 Å². The predicted molar refractivity (Wildman–Crippen MR) is 81.7 cm³/mol. The molecule has 1 amide bonds.